The summed E-state index contributed by atoms with van der Waals surface area (Å²) in [5.74, 6) is -0.143. The molecular weight excluding hydrogens is 192 g/mol. The number of hydrogen-bond donors (Lipinski definition) is 0. The second-order valence-electron chi connectivity index (χ2n) is 2.91. The van der Waals surface area contributed by atoms with Crippen LogP contribution in [0.25, 0.3) is 0 Å². The van der Waals surface area contributed by atoms with Gasteiger partial charge < -0.3 is 0 Å². The quantitative estimate of drug-likeness (QED) is 0.613. The summed E-state index contributed by atoms with van der Waals surface area (Å²) < 4.78 is 26.1. The van der Waals surface area contributed by atoms with E-state index in [1.807, 2.05) is 6.92 Å². The van der Waals surface area contributed by atoms with Crippen molar-refractivity contribution in [3.8, 4) is 0 Å². The van der Waals surface area contributed by atoms with Gasteiger partial charge in [0.15, 0.2) is 5.78 Å². The molecule has 0 spiro atoms. The lowest BCUT2D eigenvalue weighted by Crippen LogP contribution is -2.25. The molecule has 0 amide bonds. The lowest BCUT2D eigenvalue weighted by atomic mass is 10.1. The molecule has 1 unspecified atom stereocenters. The Morgan fingerprint density at radius 2 is 1.92 bits per heavy atom. The third kappa shape index (κ3) is 5.76. The van der Waals surface area contributed by atoms with Crippen LogP contribution in [0.5, 0.6) is 0 Å². The van der Waals surface area contributed by atoms with E-state index in [1.54, 1.807) is 6.92 Å². The van der Waals surface area contributed by atoms with Crippen molar-refractivity contribution < 1.29 is 17.4 Å². The molecule has 5 heteroatoms. The molecule has 0 aromatic heterocycles. The molecule has 0 aromatic carbocycles. The standard InChI is InChI=1S/C8H16O4S/c1-4-6-7(9)8(5-2)12-13(3,10)11/h8H,4-6H2,1-3H3. The summed E-state index contributed by atoms with van der Waals surface area (Å²) in [6.45, 7) is 3.59. The van der Waals surface area contributed by atoms with Gasteiger partial charge in [-0.3, -0.25) is 8.98 Å². The van der Waals surface area contributed by atoms with Crippen LogP contribution in [0, 0.1) is 0 Å². The Morgan fingerprint density at radius 3 is 2.23 bits per heavy atom. The topological polar surface area (TPSA) is 60.4 Å². The van der Waals surface area contributed by atoms with E-state index in [0.29, 0.717) is 19.3 Å². The largest absolute Gasteiger partial charge is 0.297 e. The third-order valence-electron chi connectivity index (χ3n) is 1.52. The Balaban J connectivity index is 4.27. The number of rotatable bonds is 6. The Hall–Kier alpha value is -0.420. The van der Waals surface area contributed by atoms with Crippen LogP contribution < -0.4 is 0 Å². The van der Waals surface area contributed by atoms with E-state index in [1.165, 1.54) is 0 Å². The van der Waals surface area contributed by atoms with E-state index >= 15 is 0 Å². The van der Waals surface area contributed by atoms with E-state index in [4.69, 9.17) is 0 Å². The average Bonchev–Trinajstić information content (AvgIpc) is 1.99. The molecule has 0 heterocycles. The van der Waals surface area contributed by atoms with Gasteiger partial charge in [-0.05, 0) is 12.8 Å². The minimum atomic E-state index is -3.52. The maximum atomic E-state index is 11.3. The first-order valence-electron chi connectivity index (χ1n) is 4.31. The van der Waals surface area contributed by atoms with Gasteiger partial charge in [-0.25, -0.2) is 0 Å². The first kappa shape index (κ1) is 12.6. The first-order valence-corrected chi connectivity index (χ1v) is 6.13. The van der Waals surface area contributed by atoms with E-state index in [0.717, 1.165) is 6.26 Å². The highest BCUT2D eigenvalue weighted by molar-refractivity contribution is 7.86. The molecule has 0 aliphatic carbocycles. The second-order valence-corrected chi connectivity index (χ2v) is 4.51. The minimum absolute atomic E-state index is 0.143. The minimum Gasteiger partial charge on any atom is -0.297 e. The van der Waals surface area contributed by atoms with Crippen LogP contribution in [-0.4, -0.2) is 26.6 Å². The van der Waals surface area contributed by atoms with Gasteiger partial charge in [-0.15, -0.1) is 0 Å². The monoisotopic (exact) mass is 208 g/mol. The number of ketones is 1. The van der Waals surface area contributed by atoms with Crippen molar-refractivity contribution in [2.75, 3.05) is 6.26 Å². The van der Waals surface area contributed by atoms with E-state index in [-0.39, 0.29) is 5.78 Å². The maximum Gasteiger partial charge on any atom is 0.265 e. The summed E-state index contributed by atoms with van der Waals surface area (Å²) in [5, 5.41) is 0. The average molecular weight is 208 g/mol. The summed E-state index contributed by atoms with van der Waals surface area (Å²) in [7, 11) is -3.52. The summed E-state index contributed by atoms with van der Waals surface area (Å²) in [4.78, 5) is 11.3. The van der Waals surface area contributed by atoms with Crippen LogP contribution in [0.3, 0.4) is 0 Å². The zero-order chi connectivity index (χ0) is 10.5. The maximum absolute atomic E-state index is 11.3. The van der Waals surface area contributed by atoms with Crippen molar-refractivity contribution in [2.45, 2.75) is 39.2 Å². The molecule has 0 saturated heterocycles. The van der Waals surface area contributed by atoms with Gasteiger partial charge >= 0.3 is 0 Å². The molecule has 0 aliphatic rings. The van der Waals surface area contributed by atoms with Crippen LogP contribution in [0.4, 0.5) is 0 Å². The number of hydrogen-bond acceptors (Lipinski definition) is 4. The first-order chi connectivity index (χ1) is 5.90. The highest BCUT2D eigenvalue weighted by atomic mass is 32.2. The van der Waals surface area contributed by atoms with Crippen molar-refractivity contribution in [2.24, 2.45) is 0 Å². The Bertz CT molecular complexity index is 255. The SMILES string of the molecule is CCCC(=O)C(CC)OS(C)(=O)=O. The Labute approximate surface area is 79.4 Å². The van der Waals surface area contributed by atoms with Gasteiger partial charge in [-0.2, -0.15) is 8.42 Å². The molecule has 4 nitrogen and oxygen atoms in total. The van der Waals surface area contributed by atoms with Crippen LogP contribution in [-0.2, 0) is 19.1 Å². The van der Waals surface area contributed by atoms with Gasteiger partial charge in [0.1, 0.15) is 6.10 Å². The lowest BCUT2D eigenvalue weighted by molar-refractivity contribution is -0.125. The van der Waals surface area contributed by atoms with Crippen molar-refractivity contribution in [1.29, 1.82) is 0 Å². The fraction of sp³-hybridized carbons (Fsp3) is 0.875. The summed E-state index contributed by atoms with van der Waals surface area (Å²) in [6.07, 6.45) is 1.63. The Morgan fingerprint density at radius 1 is 1.38 bits per heavy atom. The summed E-state index contributed by atoms with van der Waals surface area (Å²) in [6, 6.07) is 0. The molecule has 0 aromatic rings. The van der Waals surface area contributed by atoms with Crippen LogP contribution in [0.1, 0.15) is 33.1 Å². The van der Waals surface area contributed by atoms with Gasteiger partial charge in [0.25, 0.3) is 10.1 Å². The van der Waals surface area contributed by atoms with Crippen molar-refractivity contribution in [3.05, 3.63) is 0 Å². The molecule has 13 heavy (non-hydrogen) atoms. The number of carbonyl (C=O) groups excluding carboxylic acids is 1. The normalized spacial score (nSPS) is 14.1. The zero-order valence-electron chi connectivity index (χ0n) is 8.24. The van der Waals surface area contributed by atoms with E-state index < -0.39 is 16.2 Å². The van der Waals surface area contributed by atoms with Gasteiger partial charge in [-0.1, -0.05) is 13.8 Å². The third-order valence-corrected chi connectivity index (χ3v) is 2.10. The number of carbonyl (C=O) groups is 1. The molecule has 0 bridgehead atoms. The molecule has 0 N–H and O–H groups in total. The molecule has 0 rings (SSSR count). The van der Waals surface area contributed by atoms with E-state index in [9.17, 15) is 13.2 Å². The summed E-state index contributed by atoms with van der Waals surface area (Å²) in [5.41, 5.74) is 0. The fourth-order valence-corrected chi connectivity index (χ4v) is 1.63. The van der Waals surface area contributed by atoms with Crippen LogP contribution in [0.2, 0.25) is 0 Å². The Kier molecular flexibility index (Phi) is 5.17. The van der Waals surface area contributed by atoms with Gasteiger partial charge in [0.2, 0.25) is 0 Å². The highest BCUT2D eigenvalue weighted by Crippen LogP contribution is 2.07. The molecular formula is C8H16O4S. The zero-order valence-corrected chi connectivity index (χ0v) is 9.06. The van der Waals surface area contributed by atoms with Crippen LogP contribution >= 0.6 is 0 Å². The second kappa shape index (κ2) is 5.34. The molecule has 0 radical (unpaired) electrons. The van der Waals surface area contributed by atoms with Gasteiger partial charge in [0, 0.05) is 6.42 Å². The molecule has 78 valence electrons. The van der Waals surface area contributed by atoms with E-state index in [2.05, 4.69) is 4.18 Å². The highest BCUT2D eigenvalue weighted by Gasteiger charge is 2.20. The molecule has 0 fully saturated rings. The van der Waals surface area contributed by atoms with Crippen molar-refractivity contribution in [1.82, 2.24) is 0 Å². The number of Topliss-reactive ketones (excluding diaryl/α,β-unsaturated/α-hetero) is 1. The smallest absolute Gasteiger partial charge is 0.265 e. The van der Waals surface area contributed by atoms with Gasteiger partial charge in [0.05, 0.1) is 6.26 Å². The molecule has 0 aliphatic heterocycles. The van der Waals surface area contributed by atoms with Crippen molar-refractivity contribution >= 4 is 15.9 Å². The summed E-state index contributed by atoms with van der Waals surface area (Å²) >= 11 is 0. The van der Waals surface area contributed by atoms with Crippen molar-refractivity contribution in [3.63, 3.8) is 0 Å². The molecule has 1 atom stereocenters. The predicted molar refractivity (Wildman–Crippen MR) is 49.9 cm³/mol. The van der Waals surface area contributed by atoms with Crippen LogP contribution in [0.15, 0.2) is 0 Å². The lowest BCUT2D eigenvalue weighted by Gasteiger charge is -2.11. The predicted octanol–water partition coefficient (Wildman–Crippen LogP) is 1.11. The molecule has 0 saturated carbocycles. The fourth-order valence-electron chi connectivity index (χ4n) is 0.968.